The molecule has 0 aliphatic rings. The molecule has 0 saturated carbocycles. The van der Waals surface area contributed by atoms with Crippen LogP contribution in [0.1, 0.15) is 37.8 Å². The van der Waals surface area contributed by atoms with Crippen LogP contribution >= 0.6 is 0 Å². The zero-order valence-corrected chi connectivity index (χ0v) is 12.9. The lowest BCUT2D eigenvalue weighted by molar-refractivity contribution is -0.137. The average Bonchev–Trinajstić information content (AvgIpc) is 2.38. The van der Waals surface area contributed by atoms with E-state index in [1.807, 2.05) is 45.0 Å². The standard InChI is InChI=1S/C16H24N2O3/c1-12-6-4-5-7-13(12)9-11-17-15(21)18-16(2,3)10-8-14(19)20/h4-7H,8-11H2,1-3H3,(H,19,20)(H2,17,18,21). The molecule has 0 aromatic heterocycles. The third-order valence-electron chi connectivity index (χ3n) is 3.36. The first-order valence-electron chi connectivity index (χ1n) is 7.12. The molecule has 1 rings (SSSR count). The molecule has 0 spiro atoms. The van der Waals surface area contributed by atoms with Gasteiger partial charge in [0.2, 0.25) is 0 Å². The Morgan fingerprint density at radius 2 is 1.90 bits per heavy atom. The first-order chi connectivity index (χ1) is 9.80. The molecule has 3 N–H and O–H groups in total. The number of nitrogens with one attached hydrogen (secondary N) is 2. The van der Waals surface area contributed by atoms with Crippen LogP contribution in [0, 0.1) is 6.92 Å². The molecular formula is C16H24N2O3. The summed E-state index contributed by atoms with van der Waals surface area (Å²) in [5.41, 5.74) is 1.88. The van der Waals surface area contributed by atoms with E-state index in [0.29, 0.717) is 13.0 Å². The normalized spacial score (nSPS) is 11.0. The Morgan fingerprint density at radius 3 is 2.52 bits per heavy atom. The second kappa shape index (κ2) is 7.67. The Balaban J connectivity index is 2.34. The zero-order valence-electron chi connectivity index (χ0n) is 12.9. The van der Waals surface area contributed by atoms with E-state index in [-0.39, 0.29) is 12.5 Å². The molecule has 0 unspecified atom stereocenters. The first-order valence-corrected chi connectivity index (χ1v) is 7.12. The Labute approximate surface area is 125 Å². The van der Waals surface area contributed by atoms with Gasteiger partial charge in [-0.05, 0) is 44.7 Å². The highest BCUT2D eigenvalue weighted by molar-refractivity contribution is 5.75. The Bertz CT molecular complexity index is 498. The van der Waals surface area contributed by atoms with Crippen LogP contribution in [0.5, 0.6) is 0 Å². The molecule has 0 bridgehead atoms. The minimum absolute atomic E-state index is 0.0382. The summed E-state index contributed by atoms with van der Waals surface area (Å²) < 4.78 is 0. The molecule has 0 saturated heterocycles. The van der Waals surface area contributed by atoms with Crippen molar-refractivity contribution in [1.29, 1.82) is 0 Å². The van der Waals surface area contributed by atoms with Gasteiger partial charge >= 0.3 is 12.0 Å². The molecule has 0 fully saturated rings. The largest absolute Gasteiger partial charge is 0.481 e. The molecule has 1 aromatic carbocycles. The number of carboxylic acid groups (broad SMARTS) is 1. The van der Waals surface area contributed by atoms with Crippen molar-refractivity contribution >= 4 is 12.0 Å². The van der Waals surface area contributed by atoms with E-state index >= 15 is 0 Å². The van der Waals surface area contributed by atoms with E-state index in [2.05, 4.69) is 10.6 Å². The SMILES string of the molecule is Cc1ccccc1CCNC(=O)NC(C)(C)CCC(=O)O. The summed E-state index contributed by atoms with van der Waals surface area (Å²) in [4.78, 5) is 22.4. The summed E-state index contributed by atoms with van der Waals surface area (Å²) in [5, 5.41) is 14.3. The van der Waals surface area contributed by atoms with Crippen molar-refractivity contribution in [2.24, 2.45) is 0 Å². The van der Waals surface area contributed by atoms with Crippen molar-refractivity contribution in [3.63, 3.8) is 0 Å². The van der Waals surface area contributed by atoms with Crippen LogP contribution in [-0.4, -0.2) is 29.2 Å². The van der Waals surface area contributed by atoms with Gasteiger partial charge in [-0.15, -0.1) is 0 Å². The molecule has 5 heteroatoms. The monoisotopic (exact) mass is 292 g/mol. The van der Waals surface area contributed by atoms with E-state index in [0.717, 1.165) is 6.42 Å². The van der Waals surface area contributed by atoms with Crippen molar-refractivity contribution in [1.82, 2.24) is 10.6 Å². The molecule has 116 valence electrons. The number of aliphatic carboxylic acids is 1. The number of carbonyl (C=O) groups excluding carboxylic acids is 1. The van der Waals surface area contributed by atoms with Gasteiger partial charge in [0.1, 0.15) is 0 Å². The molecule has 0 heterocycles. The maximum Gasteiger partial charge on any atom is 0.315 e. The number of hydrogen-bond acceptors (Lipinski definition) is 2. The Hall–Kier alpha value is -2.04. The molecule has 0 aliphatic heterocycles. The highest BCUT2D eigenvalue weighted by Crippen LogP contribution is 2.11. The Kier molecular flexibility index (Phi) is 6.21. The van der Waals surface area contributed by atoms with Gasteiger partial charge in [0.05, 0.1) is 0 Å². The fourth-order valence-corrected chi connectivity index (χ4v) is 2.03. The van der Waals surface area contributed by atoms with Gasteiger partial charge in [0, 0.05) is 18.5 Å². The number of rotatable bonds is 7. The van der Waals surface area contributed by atoms with E-state index in [4.69, 9.17) is 5.11 Å². The number of aryl methyl sites for hydroxylation is 1. The van der Waals surface area contributed by atoms with Crippen molar-refractivity contribution in [3.8, 4) is 0 Å². The topological polar surface area (TPSA) is 78.4 Å². The number of amides is 2. The molecule has 0 radical (unpaired) electrons. The third kappa shape index (κ3) is 6.79. The van der Waals surface area contributed by atoms with Crippen LogP contribution in [0.25, 0.3) is 0 Å². The summed E-state index contributed by atoms with van der Waals surface area (Å²) in [6.45, 7) is 6.23. The van der Waals surface area contributed by atoms with Crippen LogP contribution in [0.2, 0.25) is 0 Å². The van der Waals surface area contributed by atoms with Crippen LogP contribution in [0.15, 0.2) is 24.3 Å². The fraction of sp³-hybridized carbons (Fsp3) is 0.500. The highest BCUT2D eigenvalue weighted by atomic mass is 16.4. The lowest BCUT2D eigenvalue weighted by Crippen LogP contribution is -2.48. The van der Waals surface area contributed by atoms with E-state index in [1.54, 1.807) is 0 Å². The molecular weight excluding hydrogens is 268 g/mol. The molecule has 21 heavy (non-hydrogen) atoms. The minimum atomic E-state index is -0.857. The quantitative estimate of drug-likeness (QED) is 0.722. The van der Waals surface area contributed by atoms with Crippen molar-refractivity contribution in [2.45, 2.75) is 45.6 Å². The fourth-order valence-electron chi connectivity index (χ4n) is 2.03. The smallest absolute Gasteiger partial charge is 0.315 e. The predicted molar refractivity (Wildman–Crippen MR) is 82.4 cm³/mol. The van der Waals surface area contributed by atoms with Crippen LogP contribution in [0.4, 0.5) is 4.79 Å². The predicted octanol–water partition coefficient (Wildman–Crippen LogP) is 2.48. The maximum absolute atomic E-state index is 11.8. The maximum atomic E-state index is 11.8. The molecule has 0 atom stereocenters. The summed E-state index contributed by atoms with van der Waals surface area (Å²) in [7, 11) is 0. The lowest BCUT2D eigenvalue weighted by Gasteiger charge is -2.25. The van der Waals surface area contributed by atoms with E-state index in [1.165, 1.54) is 11.1 Å². The molecule has 5 nitrogen and oxygen atoms in total. The minimum Gasteiger partial charge on any atom is -0.481 e. The van der Waals surface area contributed by atoms with E-state index in [9.17, 15) is 9.59 Å². The van der Waals surface area contributed by atoms with Gasteiger partial charge in [0.25, 0.3) is 0 Å². The van der Waals surface area contributed by atoms with Gasteiger partial charge in [-0.3, -0.25) is 4.79 Å². The molecule has 0 aliphatic carbocycles. The number of carboxylic acids is 1. The number of benzene rings is 1. The van der Waals surface area contributed by atoms with Gasteiger partial charge in [0.15, 0.2) is 0 Å². The second-order valence-corrected chi connectivity index (χ2v) is 5.84. The van der Waals surface area contributed by atoms with Crippen LogP contribution in [0.3, 0.4) is 0 Å². The van der Waals surface area contributed by atoms with Gasteiger partial charge in [-0.1, -0.05) is 24.3 Å². The zero-order chi connectivity index (χ0) is 15.9. The average molecular weight is 292 g/mol. The van der Waals surface area contributed by atoms with Gasteiger partial charge < -0.3 is 15.7 Å². The van der Waals surface area contributed by atoms with E-state index < -0.39 is 11.5 Å². The molecule has 1 aromatic rings. The van der Waals surface area contributed by atoms with Crippen molar-refractivity contribution in [2.75, 3.05) is 6.54 Å². The summed E-state index contributed by atoms with van der Waals surface area (Å²) >= 11 is 0. The summed E-state index contributed by atoms with van der Waals surface area (Å²) in [6.07, 6.45) is 1.21. The first kappa shape index (κ1) is 17.0. The number of hydrogen-bond donors (Lipinski definition) is 3. The molecule has 2 amide bonds. The lowest BCUT2D eigenvalue weighted by atomic mass is 9.99. The summed E-state index contributed by atoms with van der Waals surface area (Å²) in [6, 6.07) is 7.80. The van der Waals surface area contributed by atoms with Crippen molar-refractivity contribution < 1.29 is 14.7 Å². The number of urea groups is 1. The van der Waals surface area contributed by atoms with Crippen LogP contribution in [-0.2, 0) is 11.2 Å². The Morgan fingerprint density at radius 1 is 1.24 bits per heavy atom. The second-order valence-electron chi connectivity index (χ2n) is 5.84. The van der Waals surface area contributed by atoms with Gasteiger partial charge in [-0.25, -0.2) is 4.79 Å². The van der Waals surface area contributed by atoms with Gasteiger partial charge in [-0.2, -0.15) is 0 Å². The summed E-state index contributed by atoms with van der Waals surface area (Å²) in [5.74, 6) is -0.857. The number of carbonyl (C=O) groups is 2. The van der Waals surface area contributed by atoms with Crippen LogP contribution < -0.4 is 10.6 Å². The highest BCUT2D eigenvalue weighted by Gasteiger charge is 2.21. The third-order valence-corrected chi connectivity index (χ3v) is 3.36. The van der Waals surface area contributed by atoms with Crippen molar-refractivity contribution in [3.05, 3.63) is 35.4 Å².